The van der Waals surface area contributed by atoms with Gasteiger partial charge in [-0.2, -0.15) is 0 Å². The molecule has 2 aromatic carbocycles. The number of pyridine rings is 2. The number of halogens is 1. The molecule has 15 nitrogen and oxygen atoms in total. The fraction of sp³-hybridized carbons (Fsp3) is 0.429. The Morgan fingerprint density at radius 2 is 1.25 bits per heavy atom. The predicted octanol–water partition coefficient (Wildman–Crippen LogP) is 6.89. The van der Waals surface area contributed by atoms with Gasteiger partial charge in [-0.3, -0.25) is 29.0 Å². The van der Waals surface area contributed by atoms with E-state index in [1.165, 1.54) is 26.4 Å². The van der Waals surface area contributed by atoms with Gasteiger partial charge in [0.15, 0.2) is 33.9 Å². The molecule has 0 spiro atoms. The Balaban J connectivity index is 0.000000189. The third-order valence-electron chi connectivity index (χ3n) is 11.5. The molecule has 2 saturated heterocycles. The van der Waals surface area contributed by atoms with Crippen molar-refractivity contribution in [1.82, 2.24) is 9.35 Å². The van der Waals surface area contributed by atoms with Gasteiger partial charge in [0.25, 0.3) is 0 Å². The van der Waals surface area contributed by atoms with Crippen molar-refractivity contribution in [2.75, 3.05) is 37.5 Å². The number of esters is 2. The van der Waals surface area contributed by atoms with E-state index in [2.05, 4.69) is 78.4 Å². The Labute approximate surface area is 362 Å². The fourth-order valence-electron chi connectivity index (χ4n) is 8.83. The first kappa shape index (κ1) is 44.3. The summed E-state index contributed by atoms with van der Waals surface area (Å²) in [5.74, 6) is -0.477. The molecule has 2 N–H and O–H groups in total. The number of ether oxygens (including phenoxy) is 4. The Kier molecular flexibility index (Phi) is 12.6. The first-order valence-corrected chi connectivity index (χ1v) is 20.6. The van der Waals surface area contributed by atoms with E-state index in [0.717, 1.165) is 47.9 Å². The molecular weight excluding hydrogens is 857 g/mol. The molecule has 0 unspecified atom stereocenters. The van der Waals surface area contributed by atoms with Crippen molar-refractivity contribution in [2.45, 2.75) is 90.4 Å². The number of phenolic OH excluding ortho intramolecular Hbond substituents is 2. The van der Waals surface area contributed by atoms with Gasteiger partial charge in [-0.25, -0.2) is 9.59 Å². The topological polar surface area (TPSA) is 174 Å². The van der Waals surface area contributed by atoms with E-state index in [-0.39, 0.29) is 59.0 Å². The molecule has 8 rings (SSSR count). The molecule has 1 radical (unpaired) electrons. The minimum atomic E-state index is -0.628. The second-order valence-electron chi connectivity index (χ2n) is 15.9. The Morgan fingerprint density at radius 3 is 1.73 bits per heavy atom. The van der Waals surface area contributed by atoms with Crippen molar-refractivity contribution in [1.29, 1.82) is 0 Å². The van der Waals surface area contributed by atoms with Gasteiger partial charge in [0.1, 0.15) is 11.1 Å². The molecule has 6 heterocycles. The molecular formula is C42H48BBrN5O10S. The second kappa shape index (κ2) is 17.0. The summed E-state index contributed by atoms with van der Waals surface area (Å²) in [6, 6.07) is 8.13. The number of phenols is 2. The number of hydrogen-bond donors (Lipinski definition) is 3. The Morgan fingerprint density at radius 1 is 0.800 bits per heavy atom. The summed E-state index contributed by atoms with van der Waals surface area (Å²) >= 11 is 6.73. The molecule has 317 valence electrons. The summed E-state index contributed by atoms with van der Waals surface area (Å²) in [4.78, 5) is 50.1. The number of nitrogens with zero attached hydrogens (tertiary/aromatic N) is 5. The van der Waals surface area contributed by atoms with Gasteiger partial charge < -0.3 is 29.2 Å². The molecule has 4 aromatic rings. The van der Waals surface area contributed by atoms with Crippen molar-refractivity contribution in [3.8, 4) is 45.5 Å². The summed E-state index contributed by atoms with van der Waals surface area (Å²) < 4.78 is 27.8. The van der Waals surface area contributed by atoms with Crippen molar-refractivity contribution in [2.24, 2.45) is 4.30 Å². The maximum absolute atomic E-state index is 12.8. The number of hydrogen-bond acceptors (Lipinski definition) is 14. The second-order valence-corrected chi connectivity index (χ2v) is 16.9. The molecule has 4 aliphatic rings. The molecule has 0 amide bonds. The van der Waals surface area contributed by atoms with Gasteiger partial charge in [-0.05, 0) is 107 Å². The van der Waals surface area contributed by atoms with Crippen molar-refractivity contribution in [3.05, 3.63) is 89.9 Å². The van der Waals surface area contributed by atoms with E-state index in [4.69, 9.17) is 18.9 Å². The summed E-state index contributed by atoms with van der Waals surface area (Å²) in [6.45, 7) is 12.3. The molecule has 18 heteroatoms. The number of rotatable bonds is 6. The number of methoxy groups -OCH3 is 2. The molecule has 2 fully saturated rings. The van der Waals surface area contributed by atoms with E-state index < -0.39 is 22.8 Å². The molecule has 4 aliphatic heterocycles. The van der Waals surface area contributed by atoms with Crippen LogP contribution in [0.15, 0.2) is 61.1 Å². The van der Waals surface area contributed by atoms with E-state index in [1.807, 2.05) is 9.35 Å². The van der Waals surface area contributed by atoms with Gasteiger partial charge in [0, 0.05) is 41.2 Å². The predicted molar refractivity (Wildman–Crippen MR) is 234 cm³/mol. The van der Waals surface area contributed by atoms with Crippen LogP contribution in [0.5, 0.6) is 23.0 Å². The van der Waals surface area contributed by atoms with Crippen LogP contribution in [0.3, 0.4) is 0 Å². The van der Waals surface area contributed by atoms with Crippen molar-refractivity contribution < 1.29 is 38.7 Å². The zero-order chi connectivity index (χ0) is 44.0. The number of carbonyl (C=O) groups is 2. The van der Waals surface area contributed by atoms with E-state index >= 15 is 0 Å². The standard InChI is InChI=1S/C21H23BrN2O5.C21H24N2O5.BHNS/c1-5-29-20(27)12-10-23-14(9-15(12)25)11-8-16(28-4)19(26)18(22)17(11)13-6-7-21(2,3)24(13)23;1-5-28-20(26)14-11-22-16(10-17(14)24)13-9-19(27-4)18(25)8-12(13)15-6-7-21(2,3)23(15)22;1-2-3/h8-10,13,26H,5-7H2,1-4H3;8-11,15,25H,5-7H2,1-4H3;3H/t13-;15-;/m11./s1. The first-order valence-electron chi connectivity index (χ1n) is 19.4. The van der Waals surface area contributed by atoms with Crippen LogP contribution in [-0.4, -0.2) is 77.7 Å². The van der Waals surface area contributed by atoms with Gasteiger partial charge in [0.2, 0.25) is 0 Å². The molecule has 0 aliphatic carbocycles. The first-order chi connectivity index (χ1) is 28.4. The monoisotopic (exact) mass is 904 g/mol. The van der Waals surface area contributed by atoms with Crippen LogP contribution in [0.25, 0.3) is 22.5 Å². The summed E-state index contributed by atoms with van der Waals surface area (Å²) in [7, 11) is 7.31. The van der Waals surface area contributed by atoms with Crippen LogP contribution in [-0.2, 0) is 9.47 Å². The van der Waals surface area contributed by atoms with Crippen LogP contribution in [0.4, 0.5) is 0 Å². The zero-order valence-corrected chi connectivity index (χ0v) is 37.2. The third kappa shape index (κ3) is 7.56. The van der Waals surface area contributed by atoms with Crippen LogP contribution in [0, 0.1) is 0 Å². The molecule has 60 heavy (non-hydrogen) atoms. The minimum absolute atomic E-state index is 0.00492. The van der Waals surface area contributed by atoms with E-state index in [0.29, 0.717) is 27.4 Å². The van der Waals surface area contributed by atoms with Crippen LogP contribution >= 0.6 is 28.7 Å². The number of aromatic nitrogens is 2. The van der Waals surface area contributed by atoms with Crippen LogP contribution in [0.2, 0.25) is 0 Å². The molecule has 2 atom stereocenters. The van der Waals surface area contributed by atoms with Crippen molar-refractivity contribution in [3.63, 3.8) is 0 Å². The van der Waals surface area contributed by atoms with E-state index in [9.17, 15) is 29.4 Å². The van der Waals surface area contributed by atoms with Crippen molar-refractivity contribution >= 4 is 48.3 Å². The number of benzene rings is 2. The summed E-state index contributed by atoms with van der Waals surface area (Å²) in [5, 5.41) is 25.2. The SMILES string of the molecule is CCOC(=O)c1cn2c(cc1=O)-c1cc(OC)c(O)c(Br)c1[C@H]1CCC(C)(C)N12.CCOC(=O)c1cn2c(cc1=O)-c1cc(OC)c(O)cc1[C@H]1CCC(C)(C)N12.[B]=NS. The third-order valence-corrected chi connectivity index (χ3v) is 12.3. The average molecular weight is 906 g/mol. The Bertz CT molecular complexity index is 2510. The number of fused-ring (bicyclic) bond motifs is 12. The molecule has 0 bridgehead atoms. The van der Waals surface area contributed by atoms with Gasteiger partial charge in [-0.1, -0.05) is 0 Å². The molecule has 2 aromatic heterocycles. The van der Waals surface area contributed by atoms with Gasteiger partial charge in [0.05, 0.1) is 66.5 Å². The quantitative estimate of drug-likeness (QED) is 0.104. The summed E-state index contributed by atoms with van der Waals surface area (Å²) in [6.07, 6.45) is 6.77. The van der Waals surface area contributed by atoms with Gasteiger partial charge >= 0.3 is 36.7 Å². The van der Waals surface area contributed by atoms with E-state index in [1.54, 1.807) is 44.4 Å². The summed E-state index contributed by atoms with van der Waals surface area (Å²) in [5.41, 5.74) is 3.61. The number of thiol groups is 1. The normalized spacial score (nSPS) is 18.0. The van der Waals surface area contributed by atoms with Crippen LogP contribution < -0.4 is 30.3 Å². The molecule has 0 saturated carbocycles. The zero-order valence-electron chi connectivity index (χ0n) is 34.7. The Hall–Kier alpha value is -5.23. The number of aromatic hydroxyl groups is 2. The van der Waals surface area contributed by atoms with Gasteiger partial charge in [-0.15, -0.1) is 0 Å². The average Bonchev–Trinajstić information content (AvgIpc) is 3.70. The maximum atomic E-state index is 12.8. The van der Waals surface area contributed by atoms with Crippen LogP contribution in [0.1, 0.15) is 111 Å². The number of carbonyl (C=O) groups excluding carboxylic acids is 2. The fourth-order valence-corrected chi connectivity index (χ4v) is 9.51.